The average Bonchev–Trinajstić information content (AvgIpc) is 2.34. The van der Waals surface area contributed by atoms with Crippen LogP contribution in [0, 0.1) is 0 Å². The van der Waals surface area contributed by atoms with Crippen LogP contribution >= 0.6 is 0 Å². The second-order valence-electron chi connectivity index (χ2n) is 6.90. The van der Waals surface area contributed by atoms with Gasteiger partial charge in [0.2, 0.25) is 0 Å². The molecule has 0 N–H and O–H groups in total. The van der Waals surface area contributed by atoms with Crippen molar-refractivity contribution in [1.82, 2.24) is 9.88 Å². The summed E-state index contributed by atoms with van der Waals surface area (Å²) in [5.41, 5.74) is 0. The van der Waals surface area contributed by atoms with Gasteiger partial charge in [-0.25, -0.2) is 0 Å². The molecule has 0 spiro atoms. The van der Waals surface area contributed by atoms with E-state index in [-0.39, 0.29) is 0 Å². The van der Waals surface area contributed by atoms with Gasteiger partial charge in [0.25, 0.3) is 0 Å². The molecule has 19 heavy (non-hydrogen) atoms. The van der Waals surface area contributed by atoms with Gasteiger partial charge in [-0.3, -0.25) is 0 Å². The number of nitrogens with zero attached hydrogens (tertiary/aromatic N) is 3. The second-order valence-corrected chi connectivity index (χ2v) is 21.2. The van der Waals surface area contributed by atoms with E-state index in [4.69, 9.17) is 4.98 Å². The van der Waals surface area contributed by atoms with E-state index in [0.29, 0.717) is 12.1 Å². The third-order valence-electron chi connectivity index (χ3n) is 4.19. The molecule has 0 aliphatic carbocycles. The Labute approximate surface area is 121 Å². The van der Waals surface area contributed by atoms with E-state index >= 15 is 0 Å². The zero-order valence-electron chi connectivity index (χ0n) is 13.1. The molecule has 4 heteroatoms. The van der Waals surface area contributed by atoms with Crippen LogP contribution in [-0.4, -0.2) is 60.5 Å². The van der Waals surface area contributed by atoms with Gasteiger partial charge in [-0.2, -0.15) is 0 Å². The van der Waals surface area contributed by atoms with Crippen LogP contribution in [0.3, 0.4) is 0 Å². The fourth-order valence-electron chi connectivity index (χ4n) is 2.61. The number of piperazine rings is 1. The molecule has 2 atom stereocenters. The Morgan fingerprint density at radius 1 is 1.11 bits per heavy atom. The standard InChI is InChI=1S/C12H18N3.3CH3.Sn/c1-10-8-15(9-11(2)14(10)3)12-6-4-5-7-13-12;;;;/h4-6,10-11H,8-9H2,1-3H3;3*1H3;. The molecule has 1 aliphatic rings. The van der Waals surface area contributed by atoms with Crippen LogP contribution in [0.25, 0.3) is 0 Å². The van der Waals surface area contributed by atoms with E-state index in [9.17, 15) is 0 Å². The summed E-state index contributed by atoms with van der Waals surface area (Å²) in [6.45, 7) is 6.76. The van der Waals surface area contributed by atoms with Crippen molar-refractivity contribution in [3.8, 4) is 0 Å². The van der Waals surface area contributed by atoms with Gasteiger partial charge in [-0.05, 0) is 0 Å². The molecule has 2 rings (SSSR count). The van der Waals surface area contributed by atoms with Crippen molar-refractivity contribution in [3.63, 3.8) is 0 Å². The Morgan fingerprint density at radius 2 is 1.68 bits per heavy atom. The van der Waals surface area contributed by atoms with Crippen molar-refractivity contribution in [3.05, 3.63) is 18.2 Å². The molecular weight excluding hydrogens is 341 g/mol. The molecule has 0 aromatic carbocycles. The Morgan fingerprint density at radius 3 is 2.21 bits per heavy atom. The molecule has 1 aromatic rings. The zero-order valence-corrected chi connectivity index (χ0v) is 16.0. The second kappa shape index (κ2) is 5.60. The molecule has 1 saturated heterocycles. The topological polar surface area (TPSA) is 19.4 Å². The first-order chi connectivity index (χ1) is 8.79. The van der Waals surface area contributed by atoms with E-state index in [1.54, 1.807) is 0 Å². The van der Waals surface area contributed by atoms with Crippen LogP contribution in [0.2, 0.25) is 14.8 Å². The molecule has 1 fully saturated rings. The van der Waals surface area contributed by atoms with E-state index in [1.807, 2.05) is 0 Å². The summed E-state index contributed by atoms with van der Waals surface area (Å²) in [7, 11) is 2.22. The molecule has 2 unspecified atom stereocenters. The average molecular weight is 368 g/mol. The predicted molar refractivity (Wildman–Crippen MR) is 86.1 cm³/mol. The van der Waals surface area contributed by atoms with E-state index < -0.39 is 18.4 Å². The molecule has 106 valence electrons. The third kappa shape index (κ3) is 3.43. The molecule has 2 heterocycles. The number of anilines is 1. The van der Waals surface area contributed by atoms with Crippen molar-refractivity contribution >= 4 is 27.9 Å². The summed E-state index contributed by atoms with van der Waals surface area (Å²) in [6, 6.07) is 7.77. The molecule has 3 nitrogen and oxygen atoms in total. The molecule has 0 amide bonds. The summed E-state index contributed by atoms with van der Waals surface area (Å²) < 4.78 is 1.38. The Balaban J connectivity index is 2.23. The minimum atomic E-state index is -2.06. The van der Waals surface area contributed by atoms with Crippen LogP contribution in [0.1, 0.15) is 13.8 Å². The molecule has 1 aliphatic heterocycles. The van der Waals surface area contributed by atoms with Gasteiger partial charge in [0.1, 0.15) is 0 Å². The van der Waals surface area contributed by atoms with E-state index in [1.165, 1.54) is 9.53 Å². The van der Waals surface area contributed by atoms with E-state index in [0.717, 1.165) is 13.1 Å². The summed E-state index contributed by atoms with van der Waals surface area (Å²) in [4.78, 5) is 17.2. The van der Waals surface area contributed by atoms with Crippen molar-refractivity contribution in [2.75, 3.05) is 25.0 Å². The van der Waals surface area contributed by atoms with Gasteiger partial charge in [0.15, 0.2) is 0 Å². The summed E-state index contributed by atoms with van der Waals surface area (Å²) >= 11 is -2.06. The number of likely N-dealkylation sites (N-methyl/N-ethyl adjacent to an activating group) is 1. The normalized spacial score (nSPS) is 25.7. The van der Waals surface area contributed by atoms with E-state index in [2.05, 4.69) is 63.7 Å². The first-order valence-electron chi connectivity index (χ1n) is 7.23. The van der Waals surface area contributed by atoms with Crippen molar-refractivity contribution in [1.29, 1.82) is 0 Å². The van der Waals surface area contributed by atoms with Gasteiger partial charge in [0, 0.05) is 0 Å². The number of hydrogen-bond donors (Lipinski definition) is 0. The monoisotopic (exact) mass is 369 g/mol. The van der Waals surface area contributed by atoms with Gasteiger partial charge in [-0.15, -0.1) is 0 Å². The summed E-state index contributed by atoms with van der Waals surface area (Å²) in [6.07, 6.45) is 0. The first kappa shape index (κ1) is 15.1. The van der Waals surface area contributed by atoms with Gasteiger partial charge in [0.05, 0.1) is 0 Å². The molecular formula is C15H27N3Sn. The maximum atomic E-state index is 4.96. The Kier molecular flexibility index (Phi) is 4.45. The van der Waals surface area contributed by atoms with Crippen molar-refractivity contribution in [2.45, 2.75) is 40.8 Å². The summed E-state index contributed by atoms with van der Waals surface area (Å²) in [5.74, 6) is 1.18. The SMILES string of the molecule is CC1CN(c2ccc[c]([Sn]([CH3])([CH3])[CH3])n2)CC(C)N1C. The predicted octanol–water partition coefficient (Wildman–Crippen LogP) is 2.16. The molecule has 0 radical (unpaired) electrons. The quantitative estimate of drug-likeness (QED) is 0.746. The van der Waals surface area contributed by atoms with Crippen LogP contribution < -0.4 is 8.61 Å². The van der Waals surface area contributed by atoms with Crippen molar-refractivity contribution in [2.24, 2.45) is 0 Å². The number of hydrogen-bond acceptors (Lipinski definition) is 3. The maximum absolute atomic E-state index is 4.96. The van der Waals surface area contributed by atoms with Crippen LogP contribution in [-0.2, 0) is 0 Å². The van der Waals surface area contributed by atoms with Crippen LogP contribution in [0.4, 0.5) is 5.82 Å². The third-order valence-corrected chi connectivity index (χ3v) is 9.37. The van der Waals surface area contributed by atoms with Gasteiger partial charge in [-0.1, -0.05) is 0 Å². The Bertz CT molecular complexity index is 429. The fourth-order valence-corrected chi connectivity index (χ4v) is 5.59. The van der Waals surface area contributed by atoms with Gasteiger partial charge >= 0.3 is 122 Å². The van der Waals surface area contributed by atoms with Crippen LogP contribution in [0.5, 0.6) is 0 Å². The Hall–Kier alpha value is -0.291. The zero-order chi connectivity index (χ0) is 14.2. The number of rotatable bonds is 2. The molecule has 0 saturated carbocycles. The number of pyridine rings is 1. The van der Waals surface area contributed by atoms with Crippen molar-refractivity contribution < 1.29 is 0 Å². The molecule has 0 bridgehead atoms. The first-order valence-corrected chi connectivity index (χ1v) is 17.2. The number of aromatic nitrogens is 1. The molecule has 1 aromatic heterocycles. The minimum absolute atomic E-state index is 0.590. The van der Waals surface area contributed by atoms with Crippen LogP contribution in [0.15, 0.2) is 18.2 Å². The summed E-state index contributed by atoms with van der Waals surface area (Å²) in [5, 5.41) is 0. The fraction of sp³-hybridized carbons (Fsp3) is 0.667. The van der Waals surface area contributed by atoms with Gasteiger partial charge < -0.3 is 0 Å².